The predicted octanol–water partition coefficient (Wildman–Crippen LogP) is 3.25. The van der Waals surface area contributed by atoms with Gasteiger partial charge in [0.25, 0.3) is 0 Å². The van der Waals surface area contributed by atoms with E-state index in [9.17, 15) is 4.79 Å². The van der Waals surface area contributed by atoms with Crippen LogP contribution in [0.2, 0.25) is 0 Å². The van der Waals surface area contributed by atoms with Crippen molar-refractivity contribution < 1.29 is 14.6 Å². The number of rotatable bonds is 4. The van der Waals surface area contributed by atoms with Gasteiger partial charge in [0.05, 0.1) is 12.6 Å². The third-order valence-electron chi connectivity index (χ3n) is 4.55. The third kappa shape index (κ3) is 2.82. The molecule has 0 saturated heterocycles. The lowest BCUT2D eigenvalue weighted by atomic mass is 9.98. The Morgan fingerprint density at radius 2 is 1.65 bits per heavy atom. The molecule has 0 bridgehead atoms. The van der Waals surface area contributed by atoms with Crippen molar-refractivity contribution in [1.29, 1.82) is 0 Å². The number of fused-ring (bicyclic) bond motifs is 3. The van der Waals surface area contributed by atoms with Crippen molar-refractivity contribution in [1.82, 2.24) is 4.90 Å². The van der Waals surface area contributed by atoms with Crippen molar-refractivity contribution in [2.45, 2.75) is 18.9 Å². The van der Waals surface area contributed by atoms with Gasteiger partial charge in [-0.2, -0.15) is 0 Å². The van der Waals surface area contributed by atoms with Gasteiger partial charge in [0.2, 0.25) is 0 Å². The summed E-state index contributed by atoms with van der Waals surface area (Å²) in [5.41, 5.74) is 4.81. The molecule has 2 aromatic carbocycles. The smallest absolute Gasteiger partial charge is 0.409 e. The molecule has 23 heavy (non-hydrogen) atoms. The fourth-order valence-electron chi connectivity index (χ4n) is 3.00. The van der Waals surface area contributed by atoms with E-state index in [0.29, 0.717) is 6.61 Å². The van der Waals surface area contributed by atoms with Gasteiger partial charge in [0.1, 0.15) is 6.61 Å². The first-order valence-electron chi connectivity index (χ1n) is 7.82. The van der Waals surface area contributed by atoms with Gasteiger partial charge in [0, 0.05) is 13.0 Å². The Kier molecular flexibility index (Phi) is 4.35. The molecule has 120 valence electrons. The predicted molar refractivity (Wildman–Crippen MR) is 89.4 cm³/mol. The number of aliphatic hydroxyl groups excluding tert-OH is 1. The molecule has 2 aromatic rings. The monoisotopic (exact) mass is 311 g/mol. The molecule has 0 heterocycles. The molecule has 0 fully saturated rings. The normalized spacial score (nSPS) is 14.0. The average molecular weight is 311 g/mol. The lowest BCUT2D eigenvalue weighted by Gasteiger charge is -2.23. The van der Waals surface area contributed by atoms with E-state index in [1.807, 2.05) is 24.3 Å². The first-order valence-corrected chi connectivity index (χ1v) is 7.82. The Morgan fingerprint density at radius 1 is 1.13 bits per heavy atom. The number of benzene rings is 2. The Bertz CT molecular complexity index is 668. The molecular formula is C19H21NO3. The minimum absolute atomic E-state index is 0.0594. The molecule has 0 radical (unpaired) electrons. The van der Waals surface area contributed by atoms with E-state index in [-0.39, 0.29) is 18.6 Å². The number of hydrogen-bond acceptors (Lipinski definition) is 3. The summed E-state index contributed by atoms with van der Waals surface area (Å²) in [5, 5.41) is 9.14. The minimum Gasteiger partial charge on any atom is -0.448 e. The number of likely N-dealkylation sites (N-methyl/N-ethyl adjacent to an activating group) is 1. The van der Waals surface area contributed by atoms with Gasteiger partial charge in [-0.1, -0.05) is 48.5 Å². The zero-order chi connectivity index (χ0) is 16.4. The molecule has 3 rings (SSSR count). The molecule has 1 aliphatic rings. The maximum absolute atomic E-state index is 12.1. The summed E-state index contributed by atoms with van der Waals surface area (Å²) in [5.74, 6) is 0.0594. The molecule has 1 unspecified atom stereocenters. The first kappa shape index (κ1) is 15.6. The van der Waals surface area contributed by atoms with E-state index in [0.717, 1.165) is 0 Å². The zero-order valence-corrected chi connectivity index (χ0v) is 13.4. The van der Waals surface area contributed by atoms with Crippen LogP contribution < -0.4 is 0 Å². The van der Waals surface area contributed by atoms with E-state index < -0.39 is 6.09 Å². The van der Waals surface area contributed by atoms with Crippen LogP contribution in [0.5, 0.6) is 0 Å². The third-order valence-corrected chi connectivity index (χ3v) is 4.55. The molecule has 0 saturated carbocycles. The van der Waals surface area contributed by atoms with E-state index in [2.05, 4.69) is 24.3 Å². The summed E-state index contributed by atoms with van der Waals surface area (Å²) in [6.07, 6.45) is -0.409. The van der Waals surface area contributed by atoms with Crippen LogP contribution in [-0.4, -0.2) is 42.4 Å². The molecule has 1 atom stereocenters. The SMILES string of the molecule is CC(CO)N(C)C(=O)OCC1c2ccccc2-c2ccccc21. The minimum atomic E-state index is -0.409. The van der Waals surface area contributed by atoms with Gasteiger partial charge in [-0.05, 0) is 29.2 Å². The molecule has 1 amide bonds. The fourth-order valence-corrected chi connectivity index (χ4v) is 3.00. The maximum Gasteiger partial charge on any atom is 0.409 e. The van der Waals surface area contributed by atoms with Crippen LogP contribution >= 0.6 is 0 Å². The molecule has 4 heteroatoms. The Labute approximate surface area is 136 Å². The average Bonchev–Trinajstić information content (AvgIpc) is 2.92. The topological polar surface area (TPSA) is 49.8 Å². The quantitative estimate of drug-likeness (QED) is 0.943. The standard InChI is InChI=1S/C19H21NO3/c1-13(11-21)20(2)19(22)23-12-18-16-9-5-3-7-14(16)15-8-4-6-10-17(15)18/h3-10,13,18,21H,11-12H2,1-2H3. The van der Waals surface area contributed by atoms with Crippen LogP contribution in [0.15, 0.2) is 48.5 Å². The summed E-state index contributed by atoms with van der Waals surface area (Å²) in [6.45, 7) is 2.00. The molecule has 1 N–H and O–H groups in total. The largest absolute Gasteiger partial charge is 0.448 e. The summed E-state index contributed by atoms with van der Waals surface area (Å²) < 4.78 is 5.50. The number of carbonyl (C=O) groups excluding carboxylic acids is 1. The second-order valence-corrected chi connectivity index (χ2v) is 5.95. The summed E-state index contributed by atoms with van der Waals surface area (Å²) in [4.78, 5) is 13.5. The summed E-state index contributed by atoms with van der Waals surface area (Å²) >= 11 is 0. The van der Waals surface area contributed by atoms with Crippen molar-refractivity contribution in [3.8, 4) is 11.1 Å². The van der Waals surface area contributed by atoms with Crippen molar-refractivity contribution in [2.24, 2.45) is 0 Å². The van der Waals surface area contributed by atoms with Crippen LogP contribution in [0.25, 0.3) is 11.1 Å². The zero-order valence-electron chi connectivity index (χ0n) is 13.4. The second-order valence-electron chi connectivity index (χ2n) is 5.95. The highest BCUT2D eigenvalue weighted by Gasteiger charge is 2.29. The molecular weight excluding hydrogens is 290 g/mol. The highest BCUT2D eigenvalue weighted by atomic mass is 16.6. The lowest BCUT2D eigenvalue weighted by molar-refractivity contribution is 0.0834. The van der Waals surface area contributed by atoms with E-state index in [1.165, 1.54) is 27.2 Å². The number of ether oxygens (including phenoxy) is 1. The van der Waals surface area contributed by atoms with Crippen LogP contribution in [0.4, 0.5) is 4.79 Å². The van der Waals surface area contributed by atoms with Crippen LogP contribution in [0.1, 0.15) is 24.0 Å². The van der Waals surface area contributed by atoms with Crippen LogP contribution in [-0.2, 0) is 4.74 Å². The van der Waals surface area contributed by atoms with Gasteiger partial charge in [-0.25, -0.2) is 4.79 Å². The Morgan fingerprint density at radius 3 is 2.17 bits per heavy atom. The fraction of sp³-hybridized carbons (Fsp3) is 0.316. The molecule has 4 nitrogen and oxygen atoms in total. The van der Waals surface area contributed by atoms with Gasteiger partial charge in [-0.3, -0.25) is 0 Å². The van der Waals surface area contributed by atoms with Gasteiger partial charge in [0.15, 0.2) is 0 Å². The van der Waals surface area contributed by atoms with Crippen molar-refractivity contribution in [3.63, 3.8) is 0 Å². The van der Waals surface area contributed by atoms with E-state index >= 15 is 0 Å². The van der Waals surface area contributed by atoms with Gasteiger partial charge < -0.3 is 14.7 Å². The lowest BCUT2D eigenvalue weighted by Crippen LogP contribution is -2.38. The molecule has 0 aliphatic heterocycles. The van der Waals surface area contributed by atoms with E-state index in [4.69, 9.17) is 9.84 Å². The number of aliphatic hydroxyl groups is 1. The maximum atomic E-state index is 12.1. The molecule has 1 aliphatic carbocycles. The number of carbonyl (C=O) groups is 1. The highest BCUT2D eigenvalue weighted by molar-refractivity contribution is 5.79. The van der Waals surface area contributed by atoms with Crippen molar-refractivity contribution in [3.05, 3.63) is 59.7 Å². The van der Waals surface area contributed by atoms with E-state index in [1.54, 1.807) is 14.0 Å². The number of hydrogen-bond donors (Lipinski definition) is 1. The molecule has 0 spiro atoms. The second kappa shape index (κ2) is 6.42. The number of amides is 1. The Balaban J connectivity index is 1.80. The van der Waals surface area contributed by atoms with Crippen LogP contribution in [0, 0.1) is 0 Å². The number of nitrogens with zero attached hydrogens (tertiary/aromatic N) is 1. The highest BCUT2D eigenvalue weighted by Crippen LogP contribution is 2.44. The Hall–Kier alpha value is -2.33. The van der Waals surface area contributed by atoms with Gasteiger partial charge in [-0.15, -0.1) is 0 Å². The summed E-state index contributed by atoms with van der Waals surface area (Å²) in [6, 6.07) is 16.2. The summed E-state index contributed by atoms with van der Waals surface area (Å²) in [7, 11) is 1.64. The molecule has 0 aromatic heterocycles. The first-order chi connectivity index (χ1) is 11.1. The van der Waals surface area contributed by atoms with Gasteiger partial charge >= 0.3 is 6.09 Å². The van der Waals surface area contributed by atoms with Crippen molar-refractivity contribution in [2.75, 3.05) is 20.3 Å². The van der Waals surface area contributed by atoms with Crippen molar-refractivity contribution >= 4 is 6.09 Å². The van der Waals surface area contributed by atoms with Crippen LogP contribution in [0.3, 0.4) is 0 Å².